The van der Waals surface area contributed by atoms with Gasteiger partial charge in [0.25, 0.3) is 5.91 Å². The highest BCUT2D eigenvalue weighted by Crippen LogP contribution is 2.19. The number of carbonyl (C=O) groups excluding carboxylic acids is 1. The van der Waals surface area contributed by atoms with Crippen molar-refractivity contribution in [2.45, 2.75) is 13.8 Å². The molecule has 0 atom stereocenters. The number of carbonyl (C=O) groups is 1. The van der Waals surface area contributed by atoms with Gasteiger partial charge in [-0.25, -0.2) is 0 Å². The Morgan fingerprint density at radius 2 is 1.94 bits per heavy atom. The average molecular weight is 233 g/mol. The van der Waals surface area contributed by atoms with Crippen LogP contribution in [0.1, 0.15) is 21.5 Å². The molecule has 1 saturated heterocycles. The van der Waals surface area contributed by atoms with Crippen molar-refractivity contribution in [3.63, 3.8) is 0 Å². The summed E-state index contributed by atoms with van der Waals surface area (Å²) >= 11 is 0. The molecule has 4 heteroatoms. The lowest BCUT2D eigenvalue weighted by Gasteiger charge is -2.27. The summed E-state index contributed by atoms with van der Waals surface area (Å²) in [4.78, 5) is 14.1. The van der Waals surface area contributed by atoms with Gasteiger partial charge in [0.05, 0.1) is 0 Å². The number of hydrogen-bond donors (Lipinski definition) is 2. The van der Waals surface area contributed by atoms with Gasteiger partial charge in [-0.05, 0) is 37.1 Å². The number of aryl methyl sites for hydroxylation is 1. The number of piperazine rings is 1. The number of amides is 1. The van der Waals surface area contributed by atoms with Gasteiger partial charge in [0, 0.05) is 37.4 Å². The van der Waals surface area contributed by atoms with Gasteiger partial charge >= 0.3 is 0 Å². The van der Waals surface area contributed by atoms with Gasteiger partial charge in [0.2, 0.25) is 0 Å². The summed E-state index contributed by atoms with van der Waals surface area (Å²) in [6.45, 7) is 7.24. The Bertz CT molecular complexity index is 413. The van der Waals surface area contributed by atoms with Crippen molar-refractivity contribution in [1.29, 1.82) is 0 Å². The van der Waals surface area contributed by atoms with Crippen LogP contribution in [-0.4, -0.2) is 37.0 Å². The van der Waals surface area contributed by atoms with Crippen LogP contribution in [0.15, 0.2) is 12.1 Å². The first kappa shape index (κ1) is 11.9. The van der Waals surface area contributed by atoms with Crippen LogP contribution in [0.4, 0.5) is 5.69 Å². The number of nitrogens with two attached hydrogens (primary N) is 1. The Kier molecular flexibility index (Phi) is 3.33. The van der Waals surface area contributed by atoms with E-state index in [1.807, 2.05) is 24.8 Å². The second-order valence-electron chi connectivity index (χ2n) is 4.55. The van der Waals surface area contributed by atoms with Gasteiger partial charge in [-0.1, -0.05) is 0 Å². The van der Waals surface area contributed by atoms with E-state index in [1.165, 1.54) is 0 Å². The molecule has 0 spiro atoms. The maximum absolute atomic E-state index is 12.3. The van der Waals surface area contributed by atoms with Crippen LogP contribution in [-0.2, 0) is 0 Å². The summed E-state index contributed by atoms with van der Waals surface area (Å²) in [6, 6.07) is 3.71. The molecule has 1 aliphatic rings. The molecule has 92 valence electrons. The lowest BCUT2D eigenvalue weighted by Crippen LogP contribution is -2.46. The van der Waals surface area contributed by atoms with Crippen LogP contribution in [0.5, 0.6) is 0 Å². The van der Waals surface area contributed by atoms with E-state index in [4.69, 9.17) is 5.73 Å². The van der Waals surface area contributed by atoms with E-state index in [9.17, 15) is 4.79 Å². The van der Waals surface area contributed by atoms with Crippen molar-refractivity contribution >= 4 is 11.6 Å². The standard InChI is InChI=1S/C13H19N3O/c1-9-7-11(8-12(14)10(9)2)13(17)16-5-3-15-4-6-16/h7-8,15H,3-6,14H2,1-2H3. The highest BCUT2D eigenvalue weighted by molar-refractivity contribution is 5.95. The van der Waals surface area contributed by atoms with Gasteiger partial charge in [-0.15, -0.1) is 0 Å². The minimum atomic E-state index is 0.0845. The molecule has 4 nitrogen and oxygen atoms in total. The zero-order valence-corrected chi connectivity index (χ0v) is 10.4. The quantitative estimate of drug-likeness (QED) is 0.709. The number of nitrogens with one attached hydrogen (secondary N) is 1. The number of anilines is 1. The van der Waals surface area contributed by atoms with Crippen LogP contribution in [0.25, 0.3) is 0 Å². The number of benzene rings is 1. The summed E-state index contributed by atoms with van der Waals surface area (Å²) in [5, 5.41) is 3.23. The summed E-state index contributed by atoms with van der Waals surface area (Å²) in [7, 11) is 0. The average Bonchev–Trinajstić information content (AvgIpc) is 2.35. The molecule has 0 aliphatic carbocycles. The third kappa shape index (κ3) is 2.42. The molecule has 1 fully saturated rings. The second kappa shape index (κ2) is 4.75. The molecule has 0 saturated carbocycles. The number of nitrogen functional groups attached to an aromatic ring is 1. The molecular weight excluding hydrogens is 214 g/mol. The van der Waals surface area contributed by atoms with Crippen LogP contribution in [0.3, 0.4) is 0 Å². The Morgan fingerprint density at radius 1 is 1.29 bits per heavy atom. The summed E-state index contributed by atoms with van der Waals surface area (Å²) in [5.74, 6) is 0.0845. The molecule has 1 aromatic carbocycles. The Labute approximate surface area is 102 Å². The van der Waals surface area contributed by atoms with Crippen LogP contribution in [0, 0.1) is 13.8 Å². The van der Waals surface area contributed by atoms with Crippen LogP contribution in [0.2, 0.25) is 0 Å². The molecule has 1 aromatic rings. The van der Waals surface area contributed by atoms with Crippen molar-refractivity contribution in [3.8, 4) is 0 Å². The fourth-order valence-corrected chi connectivity index (χ4v) is 2.06. The van der Waals surface area contributed by atoms with Gasteiger partial charge in [-0.2, -0.15) is 0 Å². The monoisotopic (exact) mass is 233 g/mol. The summed E-state index contributed by atoms with van der Waals surface area (Å²) < 4.78 is 0. The van der Waals surface area contributed by atoms with Gasteiger partial charge < -0.3 is 16.0 Å². The van der Waals surface area contributed by atoms with Crippen molar-refractivity contribution in [2.24, 2.45) is 0 Å². The van der Waals surface area contributed by atoms with Crippen LogP contribution < -0.4 is 11.1 Å². The van der Waals surface area contributed by atoms with E-state index >= 15 is 0 Å². The van der Waals surface area contributed by atoms with Gasteiger partial charge in [0.1, 0.15) is 0 Å². The van der Waals surface area contributed by atoms with Crippen molar-refractivity contribution < 1.29 is 4.79 Å². The molecule has 0 radical (unpaired) electrons. The molecule has 0 unspecified atom stereocenters. The largest absolute Gasteiger partial charge is 0.398 e. The first-order chi connectivity index (χ1) is 8.09. The van der Waals surface area contributed by atoms with Gasteiger partial charge in [-0.3, -0.25) is 4.79 Å². The number of nitrogens with zero attached hydrogens (tertiary/aromatic N) is 1. The summed E-state index contributed by atoms with van der Waals surface area (Å²) in [6.07, 6.45) is 0. The Balaban J connectivity index is 2.24. The fourth-order valence-electron chi connectivity index (χ4n) is 2.06. The normalized spacial score (nSPS) is 16.0. The van der Waals surface area contributed by atoms with E-state index in [-0.39, 0.29) is 5.91 Å². The third-order valence-corrected chi connectivity index (χ3v) is 3.36. The lowest BCUT2D eigenvalue weighted by atomic mass is 10.0. The minimum absolute atomic E-state index is 0.0845. The highest BCUT2D eigenvalue weighted by Gasteiger charge is 2.18. The van der Waals surface area contributed by atoms with Crippen molar-refractivity contribution in [3.05, 3.63) is 28.8 Å². The predicted molar refractivity (Wildman–Crippen MR) is 69.1 cm³/mol. The van der Waals surface area contributed by atoms with Crippen molar-refractivity contribution in [2.75, 3.05) is 31.9 Å². The molecule has 1 heterocycles. The van der Waals surface area contributed by atoms with E-state index in [0.717, 1.165) is 37.3 Å². The van der Waals surface area contributed by atoms with E-state index in [1.54, 1.807) is 6.07 Å². The first-order valence-corrected chi connectivity index (χ1v) is 5.96. The van der Waals surface area contributed by atoms with Gasteiger partial charge in [0.15, 0.2) is 0 Å². The molecule has 1 amide bonds. The molecule has 3 N–H and O–H groups in total. The lowest BCUT2D eigenvalue weighted by molar-refractivity contribution is 0.0736. The first-order valence-electron chi connectivity index (χ1n) is 5.96. The SMILES string of the molecule is Cc1cc(C(=O)N2CCNCC2)cc(N)c1C. The second-order valence-corrected chi connectivity index (χ2v) is 4.55. The smallest absolute Gasteiger partial charge is 0.254 e. The predicted octanol–water partition coefficient (Wildman–Crippen LogP) is 0.931. The van der Waals surface area contributed by atoms with Crippen molar-refractivity contribution in [1.82, 2.24) is 10.2 Å². The number of hydrogen-bond acceptors (Lipinski definition) is 3. The maximum atomic E-state index is 12.3. The third-order valence-electron chi connectivity index (χ3n) is 3.36. The zero-order valence-electron chi connectivity index (χ0n) is 10.4. The zero-order chi connectivity index (χ0) is 12.4. The minimum Gasteiger partial charge on any atom is -0.398 e. The topological polar surface area (TPSA) is 58.4 Å². The van der Waals surface area contributed by atoms with E-state index in [2.05, 4.69) is 5.32 Å². The number of rotatable bonds is 1. The maximum Gasteiger partial charge on any atom is 0.254 e. The Hall–Kier alpha value is -1.55. The molecule has 0 aromatic heterocycles. The highest BCUT2D eigenvalue weighted by atomic mass is 16.2. The Morgan fingerprint density at radius 3 is 2.53 bits per heavy atom. The molecule has 2 rings (SSSR count). The molecular formula is C13H19N3O. The molecule has 0 bridgehead atoms. The molecule has 1 aliphatic heterocycles. The fraction of sp³-hybridized carbons (Fsp3) is 0.462. The molecule has 17 heavy (non-hydrogen) atoms. The van der Waals surface area contributed by atoms with Crippen LogP contribution >= 0.6 is 0 Å². The van der Waals surface area contributed by atoms with E-state index < -0.39 is 0 Å². The summed E-state index contributed by atoms with van der Waals surface area (Å²) in [5.41, 5.74) is 9.43. The van der Waals surface area contributed by atoms with E-state index in [0.29, 0.717) is 11.3 Å².